The van der Waals surface area contributed by atoms with Crippen molar-refractivity contribution in [2.24, 2.45) is 0 Å². The van der Waals surface area contributed by atoms with Crippen LogP contribution in [0.25, 0.3) is 0 Å². The predicted molar refractivity (Wildman–Crippen MR) is 103 cm³/mol. The Morgan fingerprint density at radius 3 is 2.65 bits per heavy atom. The molecule has 6 heteroatoms. The second-order valence-corrected chi connectivity index (χ2v) is 7.01. The van der Waals surface area contributed by atoms with Crippen LogP contribution in [0.3, 0.4) is 0 Å². The van der Waals surface area contributed by atoms with Crippen LogP contribution in [0.1, 0.15) is 15.9 Å². The number of amides is 2. The summed E-state index contributed by atoms with van der Waals surface area (Å²) in [6.07, 6.45) is 0.683. The van der Waals surface area contributed by atoms with Gasteiger partial charge in [0.1, 0.15) is 11.8 Å². The van der Waals surface area contributed by atoms with Crippen molar-refractivity contribution in [1.29, 1.82) is 0 Å². The number of hydrogen-bond donors (Lipinski definition) is 1. The number of nitrogens with zero attached hydrogens (tertiary/aromatic N) is 1. The van der Waals surface area contributed by atoms with Crippen LogP contribution in [0.2, 0.25) is 0 Å². The van der Waals surface area contributed by atoms with E-state index < -0.39 is 6.04 Å². The van der Waals surface area contributed by atoms with Crippen molar-refractivity contribution in [2.45, 2.75) is 12.5 Å². The zero-order valence-electron chi connectivity index (χ0n) is 14.7. The van der Waals surface area contributed by atoms with Crippen LogP contribution in [-0.4, -0.2) is 48.0 Å². The summed E-state index contributed by atoms with van der Waals surface area (Å²) in [4.78, 5) is 26.9. The van der Waals surface area contributed by atoms with Crippen molar-refractivity contribution >= 4 is 23.6 Å². The molecular formula is C20H22N2O3S. The van der Waals surface area contributed by atoms with E-state index in [9.17, 15) is 9.59 Å². The molecule has 26 heavy (non-hydrogen) atoms. The van der Waals surface area contributed by atoms with Crippen LogP contribution < -0.4 is 10.1 Å². The van der Waals surface area contributed by atoms with E-state index >= 15 is 0 Å². The van der Waals surface area contributed by atoms with Crippen molar-refractivity contribution in [3.05, 3.63) is 65.7 Å². The van der Waals surface area contributed by atoms with Gasteiger partial charge in [-0.05, 0) is 30.2 Å². The lowest BCUT2D eigenvalue weighted by Gasteiger charge is -2.23. The lowest BCUT2D eigenvalue weighted by Crippen LogP contribution is -2.47. The van der Waals surface area contributed by atoms with Crippen LogP contribution in [0.15, 0.2) is 54.6 Å². The van der Waals surface area contributed by atoms with E-state index in [0.717, 1.165) is 11.3 Å². The number of nitrogens with one attached hydrogen (secondary N) is 1. The summed E-state index contributed by atoms with van der Waals surface area (Å²) in [6, 6.07) is 16.4. The first-order chi connectivity index (χ1) is 12.7. The molecule has 2 aromatic rings. The van der Waals surface area contributed by atoms with Crippen LogP contribution >= 0.6 is 11.8 Å². The first kappa shape index (κ1) is 18.3. The van der Waals surface area contributed by atoms with Gasteiger partial charge in [0.15, 0.2) is 0 Å². The van der Waals surface area contributed by atoms with Crippen LogP contribution in [0, 0.1) is 0 Å². The molecule has 1 heterocycles. The number of methoxy groups -OCH3 is 1. The van der Waals surface area contributed by atoms with Gasteiger partial charge < -0.3 is 15.0 Å². The predicted octanol–water partition coefficient (Wildman–Crippen LogP) is 2.57. The van der Waals surface area contributed by atoms with Crippen molar-refractivity contribution in [3.8, 4) is 5.75 Å². The molecule has 0 bridgehead atoms. The van der Waals surface area contributed by atoms with Gasteiger partial charge in [0.05, 0.1) is 13.0 Å². The number of ether oxygens (including phenoxy) is 1. The molecule has 0 aliphatic carbocycles. The quantitative estimate of drug-likeness (QED) is 0.849. The number of thioether (sulfide) groups is 1. The fraction of sp³-hybridized carbons (Fsp3) is 0.300. The molecule has 2 aromatic carbocycles. The van der Waals surface area contributed by atoms with E-state index in [2.05, 4.69) is 5.32 Å². The van der Waals surface area contributed by atoms with Crippen molar-refractivity contribution < 1.29 is 14.3 Å². The van der Waals surface area contributed by atoms with Crippen LogP contribution in [-0.2, 0) is 11.2 Å². The Bertz CT molecular complexity index is 767. The molecule has 0 spiro atoms. The molecule has 0 saturated carbocycles. The summed E-state index contributed by atoms with van der Waals surface area (Å²) < 4.78 is 5.33. The maximum Gasteiger partial charge on any atom is 0.255 e. The number of rotatable bonds is 6. The van der Waals surface area contributed by atoms with E-state index in [-0.39, 0.29) is 11.8 Å². The van der Waals surface area contributed by atoms with Crippen molar-refractivity contribution in [2.75, 3.05) is 25.3 Å². The Morgan fingerprint density at radius 2 is 1.88 bits per heavy atom. The normalized spacial score (nSPS) is 16.3. The molecule has 2 amide bonds. The van der Waals surface area contributed by atoms with Gasteiger partial charge in [-0.1, -0.05) is 36.4 Å². The molecule has 1 aliphatic rings. The second kappa shape index (κ2) is 8.76. The largest absolute Gasteiger partial charge is 0.496 e. The monoisotopic (exact) mass is 370 g/mol. The number of carbonyl (C=O) groups excluding carboxylic acids is 2. The minimum absolute atomic E-state index is 0.0968. The lowest BCUT2D eigenvalue weighted by atomic mass is 10.1. The third-order valence-corrected chi connectivity index (χ3v) is 5.36. The zero-order valence-corrected chi connectivity index (χ0v) is 15.5. The first-order valence-electron chi connectivity index (χ1n) is 8.54. The van der Waals surface area contributed by atoms with Gasteiger partial charge in [-0.25, -0.2) is 0 Å². The van der Waals surface area contributed by atoms with E-state index in [4.69, 9.17) is 4.74 Å². The highest BCUT2D eigenvalue weighted by Crippen LogP contribution is 2.23. The molecule has 1 fully saturated rings. The van der Waals surface area contributed by atoms with Crippen molar-refractivity contribution in [1.82, 2.24) is 10.2 Å². The molecule has 1 N–H and O–H groups in total. The maximum atomic E-state index is 12.7. The molecule has 3 rings (SSSR count). The third-order valence-electron chi connectivity index (χ3n) is 4.35. The number of hydrogen-bond acceptors (Lipinski definition) is 4. The molecule has 1 unspecified atom stereocenters. The molecule has 136 valence electrons. The van der Waals surface area contributed by atoms with E-state index in [1.807, 2.05) is 42.5 Å². The van der Waals surface area contributed by atoms with E-state index in [1.54, 1.807) is 35.9 Å². The Balaban J connectivity index is 1.57. The van der Waals surface area contributed by atoms with Crippen LogP contribution in [0.5, 0.6) is 5.75 Å². The summed E-state index contributed by atoms with van der Waals surface area (Å²) >= 11 is 1.60. The van der Waals surface area contributed by atoms with Crippen LogP contribution in [0.4, 0.5) is 0 Å². The summed E-state index contributed by atoms with van der Waals surface area (Å²) in [6.45, 7) is 0.508. The summed E-state index contributed by atoms with van der Waals surface area (Å²) in [5.74, 6) is 1.78. The van der Waals surface area contributed by atoms with E-state index in [1.165, 1.54) is 0 Å². The Labute approximate surface area is 157 Å². The average molecular weight is 370 g/mol. The molecule has 5 nitrogen and oxygen atoms in total. The van der Waals surface area contributed by atoms with Crippen molar-refractivity contribution in [3.63, 3.8) is 0 Å². The Kier molecular flexibility index (Phi) is 6.17. The highest BCUT2D eigenvalue weighted by atomic mass is 32.2. The van der Waals surface area contributed by atoms with Gasteiger partial charge in [0.25, 0.3) is 5.91 Å². The average Bonchev–Trinajstić information content (AvgIpc) is 3.18. The maximum absolute atomic E-state index is 12.7. The number of benzene rings is 2. The first-order valence-corrected chi connectivity index (χ1v) is 9.69. The Hall–Kier alpha value is -2.47. The topological polar surface area (TPSA) is 58.6 Å². The molecule has 1 saturated heterocycles. The summed E-state index contributed by atoms with van der Waals surface area (Å²) in [7, 11) is 1.64. The second-order valence-electron chi connectivity index (χ2n) is 6.01. The summed E-state index contributed by atoms with van der Waals surface area (Å²) in [5.41, 5.74) is 1.66. The van der Waals surface area contributed by atoms with Gasteiger partial charge in [0, 0.05) is 17.9 Å². The fourth-order valence-corrected chi connectivity index (χ4v) is 4.11. The standard InChI is InChI=1S/C20H22N2O3S/c1-25-18-10-6-5-7-15(18)11-12-21-19(23)17-13-26-14-22(17)20(24)16-8-3-2-4-9-16/h2-10,17H,11-14H2,1H3,(H,21,23). The van der Waals surface area contributed by atoms with Gasteiger partial charge in [-0.2, -0.15) is 0 Å². The summed E-state index contributed by atoms with van der Waals surface area (Å²) in [5, 5.41) is 2.96. The highest BCUT2D eigenvalue weighted by molar-refractivity contribution is 7.99. The minimum atomic E-state index is -0.426. The number of carbonyl (C=O) groups is 2. The zero-order chi connectivity index (χ0) is 18.4. The highest BCUT2D eigenvalue weighted by Gasteiger charge is 2.34. The molecular weight excluding hydrogens is 348 g/mol. The minimum Gasteiger partial charge on any atom is -0.496 e. The number of para-hydroxylation sites is 1. The van der Waals surface area contributed by atoms with Gasteiger partial charge in [-0.15, -0.1) is 11.8 Å². The lowest BCUT2D eigenvalue weighted by molar-refractivity contribution is -0.124. The molecule has 0 aromatic heterocycles. The smallest absolute Gasteiger partial charge is 0.255 e. The molecule has 1 atom stereocenters. The molecule has 0 radical (unpaired) electrons. The van der Waals surface area contributed by atoms with Gasteiger partial charge in [0.2, 0.25) is 5.91 Å². The third kappa shape index (κ3) is 4.19. The molecule has 1 aliphatic heterocycles. The van der Waals surface area contributed by atoms with E-state index in [0.29, 0.717) is 30.2 Å². The fourth-order valence-electron chi connectivity index (χ4n) is 2.95. The Morgan fingerprint density at radius 1 is 1.15 bits per heavy atom. The van der Waals surface area contributed by atoms with Gasteiger partial charge >= 0.3 is 0 Å². The van der Waals surface area contributed by atoms with Gasteiger partial charge in [-0.3, -0.25) is 9.59 Å². The SMILES string of the molecule is COc1ccccc1CCNC(=O)C1CSCN1C(=O)c1ccccc1.